The summed E-state index contributed by atoms with van der Waals surface area (Å²) in [6, 6.07) is 6.35. The van der Waals surface area contributed by atoms with Crippen LogP contribution in [0.1, 0.15) is 42.2 Å². The van der Waals surface area contributed by atoms with Gasteiger partial charge in [0, 0.05) is 12.7 Å². The fourth-order valence-corrected chi connectivity index (χ4v) is 4.88. The first-order valence-electron chi connectivity index (χ1n) is 7.70. The molecule has 0 aromatic heterocycles. The van der Waals surface area contributed by atoms with Crippen molar-refractivity contribution in [1.29, 1.82) is 0 Å². The van der Waals surface area contributed by atoms with Gasteiger partial charge in [-0.2, -0.15) is 0 Å². The van der Waals surface area contributed by atoms with Gasteiger partial charge in [0.2, 0.25) is 5.91 Å². The van der Waals surface area contributed by atoms with E-state index in [4.69, 9.17) is 11.6 Å². The monoisotopic (exact) mass is 289 g/mol. The third kappa shape index (κ3) is 1.81. The van der Waals surface area contributed by atoms with Crippen molar-refractivity contribution >= 4 is 23.2 Å². The Labute approximate surface area is 125 Å². The van der Waals surface area contributed by atoms with E-state index < -0.39 is 0 Å². The molecule has 0 bridgehead atoms. The minimum absolute atomic E-state index is 0.134. The minimum Gasteiger partial charge on any atom is -0.315 e. The lowest BCUT2D eigenvalue weighted by atomic mass is 10.0. The van der Waals surface area contributed by atoms with E-state index in [-0.39, 0.29) is 11.3 Å². The van der Waals surface area contributed by atoms with Crippen LogP contribution in [0.2, 0.25) is 0 Å². The second-order valence-electron chi connectivity index (χ2n) is 6.61. The Morgan fingerprint density at radius 3 is 2.65 bits per heavy atom. The van der Waals surface area contributed by atoms with Gasteiger partial charge >= 0.3 is 0 Å². The largest absolute Gasteiger partial charge is 0.315 e. The molecule has 2 aliphatic carbocycles. The average molecular weight is 290 g/mol. The number of carbonyl (C=O) groups excluding carboxylic acids is 1. The summed E-state index contributed by atoms with van der Waals surface area (Å²) >= 11 is 6.75. The van der Waals surface area contributed by atoms with Crippen LogP contribution in [0.25, 0.3) is 0 Å². The summed E-state index contributed by atoms with van der Waals surface area (Å²) in [7, 11) is 1.85. The number of carbonyl (C=O) groups is 1. The highest BCUT2D eigenvalue weighted by atomic mass is 35.5. The summed E-state index contributed by atoms with van der Waals surface area (Å²) in [5, 5.41) is 0.134. The number of rotatable bonds is 2. The van der Waals surface area contributed by atoms with Gasteiger partial charge < -0.3 is 4.90 Å². The summed E-state index contributed by atoms with van der Waals surface area (Å²) in [5.41, 5.74) is 3.41. The van der Waals surface area contributed by atoms with Crippen molar-refractivity contribution in [2.24, 2.45) is 17.8 Å². The summed E-state index contributed by atoms with van der Waals surface area (Å²) < 4.78 is 0. The number of fused-ring (bicyclic) bond motifs is 2. The molecule has 0 spiro atoms. The number of alkyl halides is 1. The molecule has 0 N–H and O–H groups in total. The van der Waals surface area contributed by atoms with E-state index in [0.29, 0.717) is 12.3 Å². The van der Waals surface area contributed by atoms with Crippen LogP contribution in [0.5, 0.6) is 0 Å². The summed E-state index contributed by atoms with van der Waals surface area (Å²) in [5.74, 6) is 2.59. The Kier molecular flexibility index (Phi) is 2.85. The van der Waals surface area contributed by atoms with E-state index in [0.717, 1.165) is 23.1 Å². The van der Waals surface area contributed by atoms with Gasteiger partial charge in [-0.1, -0.05) is 25.0 Å². The second kappa shape index (κ2) is 4.49. The van der Waals surface area contributed by atoms with Gasteiger partial charge in [-0.25, -0.2) is 0 Å². The lowest BCUT2D eigenvalue weighted by Crippen LogP contribution is -2.20. The molecule has 3 atom stereocenters. The SMILES string of the molecule is CN1C(=O)Cc2cc(C(Cl)C3C4CCCCC43)ccc21. The van der Waals surface area contributed by atoms with Crippen LogP contribution in [0, 0.1) is 17.8 Å². The zero-order chi connectivity index (χ0) is 13.9. The number of halogens is 1. The normalized spacial score (nSPS) is 32.8. The molecule has 2 saturated carbocycles. The van der Waals surface area contributed by atoms with Crippen LogP contribution in [0.4, 0.5) is 5.69 Å². The number of amides is 1. The molecule has 2 nitrogen and oxygen atoms in total. The molecule has 0 saturated heterocycles. The van der Waals surface area contributed by atoms with Crippen LogP contribution in [0.3, 0.4) is 0 Å². The third-order valence-corrected chi connectivity index (χ3v) is 6.10. The molecule has 2 fully saturated rings. The van der Waals surface area contributed by atoms with Crippen LogP contribution in [0.15, 0.2) is 18.2 Å². The molecule has 1 aromatic rings. The Bertz CT molecular complexity index is 558. The molecule has 1 aromatic carbocycles. The zero-order valence-corrected chi connectivity index (χ0v) is 12.6. The van der Waals surface area contributed by atoms with Gasteiger partial charge in [0.15, 0.2) is 0 Å². The summed E-state index contributed by atoms with van der Waals surface area (Å²) in [4.78, 5) is 13.5. The molecule has 0 radical (unpaired) electrons. The van der Waals surface area contributed by atoms with Gasteiger partial charge in [0.25, 0.3) is 0 Å². The topological polar surface area (TPSA) is 20.3 Å². The molecule has 3 unspecified atom stereocenters. The van der Waals surface area contributed by atoms with Crippen molar-refractivity contribution in [3.63, 3.8) is 0 Å². The molecular formula is C17H20ClNO. The molecule has 1 amide bonds. The van der Waals surface area contributed by atoms with Crippen LogP contribution < -0.4 is 4.90 Å². The fourth-order valence-electron chi connectivity index (χ4n) is 4.37. The maximum Gasteiger partial charge on any atom is 0.231 e. The minimum atomic E-state index is 0.134. The van der Waals surface area contributed by atoms with E-state index >= 15 is 0 Å². The lowest BCUT2D eigenvalue weighted by molar-refractivity contribution is -0.117. The summed E-state index contributed by atoms with van der Waals surface area (Å²) in [6.45, 7) is 0. The summed E-state index contributed by atoms with van der Waals surface area (Å²) in [6.07, 6.45) is 6.02. The molecule has 20 heavy (non-hydrogen) atoms. The van der Waals surface area contributed by atoms with Crippen molar-refractivity contribution in [3.05, 3.63) is 29.3 Å². The lowest BCUT2D eigenvalue weighted by Gasteiger charge is -2.13. The third-order valence-electron chi connectivity index (χ3n) is 5.56. The number of benzene rings is 1. The van der Waals surface area contributed by atoms with Gasteiger partial charge in [0.1, 0.15) is 0 Å². The van der Waals surface area contributed by atoms with Crippen molar-refractivity contribution in [1.82, 2.24) is 0 Å². The first kappa shape index (κ1) is 12.7. The molecule has 106 valence electrons. The molecule has 3 aliphatic rings. The van der Waals surface area contributed by atoms with Gasteiger partial charge in [-0.05, 0) is 47.8 Å². The van der Waals surface area contributed by atoms with E-state index in [1.165, 1.54) is 31.2 Å². The van der Waals surface area contributed by atoms with E-state index in [1.807, 2.05) is 7.05 Å². The van der Waals surface area contributed by atoms with Crippen molar-refractivity contribution in [2.75, 3.05) is 11.9 Å². The highest BCUT2D eigenvalue weighted by molar-refractivity contribution is 6.21. The van der Waals surface area contributed by atoms with Crippen LogP contribution in [-0.4, -0.2) is 13.0 Å². The van der Waals surface area contributed by atoms with Crippen molar-refractivity contribution in [3.8, 4) is 0 Å². The molecule has 4 rings (SSSR count). The molecule has 1 aliphatic heterocycles. The van der Waals surface area contributed by atoms with E-state index in [2.05, 4.69) is 18.2 Å². The Morgan fingerprint density at radius 1 is 1.25 bits per heavy atom. The Morgan fingerprint density at radius 2 is 1.95 bits per heavy atom. The zero-order valence-electron chi connectivity index (χ0n) is 11.8. The number of likely N-dealkylation sites (N-methyl/N-ethyl adjacent to an activating group) is 1. The Hall–Kier alpha value is -1.02. The number of anilines is 1. The Balaban J connectivity index is 1.58. The van der Waals surface area contributed by atoms with Gasteiger partial charge in [-0.3, -0.25) is 4.79 Å². The second-order valence-corrected chi connectivity index (χ2v) is 7.08. The van der Waals surface area contributed by atoms with Gasteiger partial charge in [-0.15, -0.1) is 11.6 Å². The van der Waals surface area contributed by atoms with Crippen LogP contribution >= 0.6 is 11.6 Å². The maximum atomic E-state index is 11.8. The number of nitrogens with zero attached hydrogens (tertiary/aromatic N) is 1. The smallest absolute Gasteiger partial charge is 0.231 e. The highest BCUT2D eigenvalue weighted by Gasteiger charge is 2.54. The first-order valence-corrected chi connectivity index (χ1v) is 8.14. The number of hydrogen-bond acceptors (Lipinski definition) is 1. The van der Waals surface area contributed by atoms with Gasteiger partial charge in [0.05, 0.1) is 11.8 Å². The van der Waals surface area contributed by atoms with E-state index in [1.54, 1.807) is 4.90 Å². The standard InChI is InChI=1S/C17H20ClNO/c1-19-14-7-6-10(8-11(14)9-15(19)20)17(18)16-12-4-2-3-5-13(12)16/h6-8,12-13,16-17H,2-5,9H2,1H3. The number of hydrogen-bond donors (Lipinski definition) is 0. The molecule has 3 heteroatoms. The fraction of sp³-hybridized carbons (Fsp3) is 0.588. The van der Waals surface area contributed by atoms with E-state index in [9.17, 15) is 4.79 Å². The quantitative estimate of drug-likeness (QED) is 0.756. The maximum absolute atomic E-state index is 11.8. The van der Waals surface area contributed by atoms with Crippen molar-refractivity contribution in [2.45, 2.75) is 37.5 Å². The molecular weight excluding hydrogens is 270 g/mol. The average Bonchev–Trinajstić information content (AvgIpc) is 3.12. The highest BCUT2D eigenvalue weighted by Crippen LogP contribution is 2.62. The van der Waals surface area contributed by atoms with Crippen molar-refractivity contribution < 1.29 is 4.79 Å². The molecule has 1 heterocycles. The first-order chi connectivity index (χ1) is 9.66. The predicted molar refractivity (Wildman–Crippen MR) is 81.1 cm³/mol. The van der Waals surface area contributed by atoms with Crippen LogP contribution in [-0.2, 0) is 11.2 Å². The predicted octanol–water partition coefficient (Wildman–Crippen LogP) is 3.92.